The van der Waals surface area contributed by atoms with Gasteiger partial charge >= 0.3 is 5.97 Å². The first-order valence-electron chi connectivity index (χ1n) is 12.3. The van der Waals surface area contributed by atoms with Crippen LogP contribution in [0.1, 0.15) is 79.1 Å². The molecule has 0 aromatic carbocycles. The third-order valence-electron chi connectivity index (χ3n) is 10.7. The summed E-state index contributed by atoms with van der Waals surface area (Å²) in [5.74, 6) is 0.567. The minimum atomic E-state index is -0.744. The molecule has 4 saturated carbocycles. The molecule has 5 heteroatoms. The van der Waals surface area contributed by atoms with Crippen molar-refractivity contribution in [3.63, 3.8) is 0 Å². The summed E-state index contributed by atoms with van der Waals surface area (Å²) in [6.45, 7) is 8.52. The molecule has 4 aliphatic carbocycles. The van der Waals surface area contributed by atoms with Crippen molar-refractivity contribution in [1.82, 2.24) is 0 Å². The lowest BCUT2D eigenvalue weighted by atomic mass is 9.43. The lowest BCUT2D eigenvalue weighted by Gasteiger charge is -2.63. The Kier molecular flexibility index (Phi) is 5.81. The van der Waals surface area contributed by atoms with E-state index in [1.165, 1.54) is 0 Å². The molecule has 0 aromatic heterocycles. The number of carbonyl (C=O) groups is 1. The van der Waals surface area contributed by atoms with Gasteiger partial charge in [0.05, 0.1) is 24.2 Å². The van der Waals surface area contributed by atoms with Gasteiger partial charge in [-0.1, -0.05) is 27.7 Å². The molecule has 172 valence electrons. The van der Waals surface area contributed by atoms with Crippen LogP contribution in [0.15, 0.2) is 0 Å². The lowest BCUT2D eigenvalue weighted by Crippen LogP contribution is -2.62. The van der Waals surface area contributed by atoms with Crippen molar-refractivity contribution >= 4 is 5.97 Å². The number of aliphatic carboxylic acids is 1. The van der Waals surface area contributed by atoms with Crippen LogP contribution in [0.4, 0.5) is 0 Å². The summed E-state index contributed by atoms with van der Waals surface area (Å²) in [7, 11) is 0. The largest absolute Gasteiger partial charge is 0.481 e. The number of aliphatic hydroxyl groups is 3. The maximum atomic E-state index is 11.5. The average Bonchev–Trinajstić information content (AvgIpc) is 3.02. The van der Waals surface area contributed by atoms with Gasteiger partial charge in [-0.05, 0) is 97.7 Å². The Morgan fingerprint density at radius 3 is 2.37 bits per heavy atom. The van der Waals surface area contributed by atoms with Crippen LogP contribution >= 0.6 is 0 Å². The molecule has 5 nitrogen and oxygen atoms in total. The van der Waals surface area contributed by atoms with Gasteiger partial charge in [-0.15, -0.1) is 0 Å². The number of hydrogen-bond donors (Lipinski definition) is 4. The molecule has 0 amide bonds. The summed E-state index contributed by atoms with van der Waals surface area (Å²) in [5.41, 5.74) is -0.163. The molecule has 0 aliphatic heterocycles. The Balaban J connectivity index is 1.61. The van der Waals surface area contributed by atoms with E-state index in [4.69, 9.17) is 0 Å². The number of rotatable bonds is 4. The first-order chi connectivity index (χ1) is 14.0. The summed E-state index contributed by atoms with van der Waals surface area (Å²) in [5, 5.41) is 42.4. The summed E-state index contributed by atoms with van der Waals surface area (Å²) >= 11 is 0. The normalized spacial score (nSPS) is 52.6. The molecule has 4 rings (SSSR count). The van der Waals surface area contributed by atoms with Crippen LogP contribution in [0.5, 0.6) is 0 Å². The standard InChI is InChI=1S/C25H42O5/c1-13(9-14(2)23(29)30)17-5-6-18-22-19(12-21(28)25(17,18)4)24(3)8-7-16(26)10-15(24)11-20(22)27/h13-22,26-28H,5-12H2,1-4H3,(H,29,30)/t13-,14?,15-,16-,17-,18+,19+,20+,21+,22+,24+,25-/m1/s1. The van der Waals surface area contributed by atoms with Crippen LogP contribution in [0.25, 0.3) is 0 Å². The second kappa shape index (κ2) is 7.74. The zero-order valence-electron chi connectivity index (χ0n) is 19.1. The molecule has 0 heterocycles. The van der Waals surface area contributed by atoms with E-state index in [-0.39, 0.29) is 40.8 Å². The SMILES string of the molecule is CC(C[C@@H](C)[C@H]1CC[C@H]2[C@@H]3[C@@H](O)C[C@H]4C[C@H](O)CC[C@]4(C)[C@H]3C[C@H](O)[C@]12C)C(=O)O. The van der Waals surface area contributed by atoms with E-state index in [2.05, 4.69) is 20.8 Å². The van der Waals surface area contributed by atoms with Crippen molar-refractivity contribution < 1.29 is 25.2 Å². The molecule has 30 heavy (non-hydrogen) atoms. The molecule has 12 atom stereocenters. The highest BCUT2D eigenvalue weighted by Gasteiger charge is 2.65. The van der Waals surface area contributed by atoms with E-state index < -0.39 is 12.1 Å². The zero-order chi connectivity index (χ0) is 22.0. The van der Waals surface area contributed by atoms with Gasteiger partial charge in [-0.25, -0.2) is 0 Å². The third kappa shape index (κ3) is 3.26. The van der Waals surface area contributed by atoms with E-state index >= 15 is 0 Å². The van der Waals surface area contributed by atoms with Crippen LogP contribution in [0.2, 0.25) is 0 Å². The van der Waals surface area contributed by atoms with Gasteiger partial charge in [0.2, 0.25) is 0 Å². The summed E-state index contributed by atoms with van der Waals surface area (Å²) < 4.78 is 0. The molecule has 4 fully saturated rings. The highest BCUT2D eigenvalue weighted by Crippen LogP contribution is 2.68. The highest BCUT2D eigenvalue weighted by molar-refractivity contribution is 5.69. The fraction of sp³-hybridized carbons (Fsp3) is 0.960. The molecule has 0 aromatic rings. The number of aliphatic hydroxyl groups excluding tert-OH is 3. The number of fused-ring (bicyclic) bond motifs is 5. The maximum Gasteiger partial charge on any atom is 0.306 e. The Morgan fingerprint density at radius 1 is 1.00 bits per heavy atom. The average molecular weight is 423 g/mol. The first-order valence-corrected chi connectivity index (χ1v) is 12.3. The van der Waals surface area contributed by atoms with Crippen LogP contribution in [-0.4, -0.2) is 44.7 Å². The second-order valence-electron chi connectivity index (χ2n) is 12.0. The molecule has 4 N–H and O–H groups in total. The Morgan fingerprint density at radius 2 is 1.70 bits per heavy atom. The molecule has 4 aliphatic rings. The number of carboxylic acid groups (broad SMARTS) is 1. The van der Waals surface area contributed by atoms with Crippen molar-refractivity contribution in [2.24, 2.45) is 52.3 Å². The van der Waals surface area contributed by atoms with Crippen LogP contribution in [-0.2, 0) is 4.79 Å². The predicted molar refractivity (Wildman–Crippen MR) is 115 cm³/mol. The molecule has 0 saturated heterocycles. The third-order valence-corrected chi connectivity index (χ3v) is 10.7. The molecular weight excluding hydrogens is 380 g/mol. The fourth-order valence-corrected chi connectivity index (χ4v) is 8.95. The van der Waals surface area contributed by atoms with E-state index in [1.807, 2.05) is 0 Å². The first kappa shape index (κ1) is 22.5. The lowest BCUT2D eigenvalue weighted by molar-refractivity contribution is -0.207. The van der Waals surface area contributed by atoms with Crippen molar-refractivity contribution in [2.45, 2.75) is 97.4 Å². The summed E-state index contributed by atoms with van der Waals surface area (Å²) in [6, 6.07) is 0. The topological polar surface area (TPSA) is 98.0 Å². The molecule has 0 bridgehead atoms. The Bertz CT molecular complexity index is 666. The van der Waals surface area contributed by atoms with Gasteiger partial charge in [0.1, 0.15) is 0 Å². The van der Waals surface area contributed by atoms with Gasteiger partial charge in [-0.3, -0.25) is 4.79 Å². The van der Waals surface area contributed by atoms with Gasteiger partial charge in [0, 0.05) is 0 Å². The summed E-state index contributed by atoms with van der Waals surface area (Å²) in [6.07, 6.45) is 5.75. The van der Waals surface area contributed by atoms with Crippen LogP contribution in [0.3, 0.4) is 0 Å². The minimum absolute atomic E-state index is 0.0902. The Hall–Kier alpha value is -0.650. The van der Waals surface area contributed by atoms with Gasteiger partial charge in [0.15, 0.2) is 0 Å². The van der Waals surface area contributed by atoms with Gasteiger partial charge in [0.25, 0.3) is 0 Å². The van der Waals surface area contributed by atoms with Crippen molar-refractivity contribution in [3.8, 4) is 0 Å². The summed E-state index contributed by atoms with van der Waals surface area (Å²) in [4.78, 5) is 11.4. The van der Waals surface area contributed by atoms with E-state index in [0.29, 0.717) is 30.1 Å². The quantitative estimate of drug-likeness (QED) is 0.554. The van der Waals surface area contributed by atoms with Gasteiger partial charge in [-0.2, -0.15) is 0 Å². The molecular formula is C25H42O5. The minimum Gasteiger partial charge on any atom is -0.481 e. The van der Waals surface area contributed by atoms with E-state index in [0.717, 1.165) is 44.9 Å². The Labute approximate surface area is 181 Å². The zero-order valence-corrected chi connectivity index (χ0v) is 19.1. The van der Waals surface area contributed by atoms with Crippen molar-refractivity contribution in [3.05, 3.63) is 0 Å². The van der Waals surface area contributed by atoms with E-state index in [1.54, 1.807) is 6.92 Å². The van der Waals surface area contributed by atoms with E-state index in [9.17, 15) is 25.2 Å². The maximum absolute atomic E-state index is 11.5. The monoisotopic (exact) mass is 422 g/mol. The van der Waals surface area contributed by atoms with Crippen LogP contribution in [0, 0.1) is 52.3 Å². The number of hydrogen-bond acceptors (Lipinski definition) is 4. The highest BCUT2D eigenvalue weighted by atomic mass is 16.4. The fourth-order valence-electron chi connectivity index (χ4n) is 8.95. The molecule has 0 spiro atoms. The predicted octanol–water partition coefficient (Wildman–Crippen LogP) is 3.69. The van der Waals surface area contributed by atoms with Crippen molar-refractivity contribution in [2.75, 3.05) is 0 Å². The smallest absolute Gasteiger partial charge is 0.306 e. The second-order valence-corrected chi connectivity index (χ2v) is 12.0. The number of carboxylic acids is 1. The molecule has 0 radical (unpaired) electrons. The molecule has 1 unspecified atom stereocenters. The van der Waals surface area contributed by atoms with Crippen molar-refractivity contribution in [1.29, 1.82) is 0 Å². The van der Waals surface area contributed by atoms with Gasteiger partial charge < -0.3 is 20.4 Å². The van der Waals surface area contributed by atoms with Crippen LogP contribution < -0.4 is 0 Å².